The zero-order valence-electron chi connectivity index (χ0n) is 5.79. The van der Waals surface area contributed by atoms with Crippen molar-refractivity contribution in [1.29, 1.82) is 0 Å². The zero-order chi connectivity index (χ0) is 8.27. The first-order chi connectivity index (χ1) is 5.25. The second-order valence-corrected chi connectivity index (χ2v) is 2.95. The van der Waals surface area contributed by atoms with Crippen LogP contribution in [-0.4, -0.2) is 5.11 Å². The van der Waals surface area contributed by atoms with Gasteiger partial charge in [0, 0.05) is 10.0 Å². The Morgan fingerprint density at radius 1 is 1.45 bits per heavy atom. The van der Waals surface area contributed by atoms with Crippen molar-refractivity contribution in [2.75, 3.05) is 0 Å². The van der Waals surface area contributed by atoms with Crippen molar-refractivity contribution >= 4 is 15.9 Å². The van der Waals surface area contributed by atoms with Gasteiger partial charge in [0.25, 0.3) is 0 Å². The van der Waals surface area contributed by atoms with Crippen LogP contribution in [0.25, 0.3) is 0 Å². The van der Waals surface area contributed by atoms with Crippen LogP contribution in [0.2, 0.25) is 0 Å². The van der Waals surface area contributed by atoms with Crippen molar-refractivity contribution in [3.8, 4) is 12.3 Å². The Balaban J connectivity index is 3.05. The molecule has 0 saturated carbocycles. The molecule has 0 bridgehead atoms. The van der Waals surface area contributed by atoms with Gasteiger partial charge in [-0.2, -0.15) is 0 Å². The van der Waals surface area contributed by atoms with E-state index >= 15 is 0 Å². The predicted molar refractivity (Wildman–Crippen MR) is 47.9 cm³/mol. The van der Waals surface area contributed by atoms with Gasteiger partial charge < -0.3 is 5.11 Å². The van der Waals surface area contributed by atoms with Crippen molar-refractivity contribution in [3.63, 3.8) is 0 Å². The minimum absolute atomic E-state index is 0.731. The molecule has 1 atom stereocenters. The van der Waals surface area contributed by atoms with Gasteiger partial charge in [0.15, 0.2) is 0 Å². The summed E-state index contributed by atoms with van der Waals surface area (Å²) >= 11 is 3.28. The highest BCUT2D eigenvalue weighted by Gasteiger charge is 2.05. The van der Waals surface area contributed by atoms with E-state index < -0.39 is 6.10 Å². The summed E-state index contributed by atoms with van der Waals surface area (Å²) in [6.07, 6.45) is 4.24. The van der Waals surface area contributed by atoms with Crippen molar-refractivity contribution in [1.82, 2.24) is 0 Å². The molecule has 1 aromatic rings. The minimum atomic E-state index is -0.814. The van der Waals surface area contributed by atoms with Gasteiger partial charge >= 0.3 is 0 Å². The first-order valence-corrected chi connectivity index (χ1v) is 3.93. The van der Waals surface area contributed by atoms with E-state index in [2.05, 4.69) is 21.9 Å². The number of aliphatic hydroxyl groups is 1. The molecule has 0 heterocycles. The van der Waals surface area contributed by atoms with Crippen LogP contribution in [0.15, 0.2) is 28.7 Å². The molecule has 0 radical (unpaired) electrons. The van der Waals surface area contributed by atoms with Gasteiger partial charge in [0.2, 0.25) is 0 Å². The molecule has 2 heteroatoms. The maximum absolute atomic E-state index is 9.24. The maximum Gasteiger partial charge on any atom is 0.141 e. The van der Waals surface area contributed by atoms with E-state index in [1.54, 1.807) is 6.07 Å². The molecule has 0 amide bonds. The molecule has 11 heavy (non-hydrogen) atoms. The fourth-order valence-corrected chi connectivity index (χ4v) is 1.29. The molecule has 0 unspecified atom stereocenters. The van der Waals surface area contributed by atoms with Gasteiger partial charge in [0.1, 0.15) is 6.10 Å². The first-order valence-electron chi connectivity index (χ1n) is 3.14. The summed E-state index contributed by atoms with van der Waals surface area (Å²) < 4.78 is 0.838. The molecule has 0 spiro atoms. The Labute approximate surface area is 74.2 Å². The number of halogens is 1. The highest BCUT2D eigenvalue weighted by atomic mass is 79.9. The molecule has 0 aliphatic rings. The van der Waals surface area contributed by atoms with Crippen molar-refractivity contribution in [3.05, 3.63) is 34.3 Å². The van der Waals surface area contributed by atoms with Crippen LogP contribution in [0.3, 0.4) is 0 Å². The summed E-state index contributed by atoms with van der Waals surface area (Å²) in [7, 11) is 0. The van der Waals surface area contributed by atoms with E-state index in [4.69, 9.17) is 6.42 Å². The smallest absolute Gasteiger partial charge is 0.141 e. The molecule has 0 aliphatic carbocycles. The van der Waals surface area contributed by atoms with Gasteiger partial charge in [0.05, 0.1) is 0 Å². The molecule has 1 nitrogen and oxygen atoms in total. The van der Waals surface area contributed by atoms with E-state index in [1.807, 2.05) is 18.2 Å². The summed E-state index contributed by atoms with van der Waals surface area (Å²) in [5.74, 6) is 2.25. The Morgan fingerprint density at radius 2 is 2.09 bits per heavy atom. The Morgan fingerprint density at radius 3 is 2.64 bits per heavy atom. The number of hydrogen-bond acceptors (Lipinski definition) is 1. The molecule has 1 rings (SSSR count). The largest absolute Gasteiger partial charge is 0.376 e. The van der Waals surface area contributed by atoms with Crippen LogP contribution < -0.4 is 0 Å². The summed E-state index contributed by atoms with van der Waals surface area (Å²) in [5, 5.41) is 9.24. The SMILES string of the molecule is C#C[C@@H](O)c1ccccc1Br. The lowest BCUT2D eigenvalue weighted by Crippen LogP contribution is -1.93. The lowest BCUT2D eigenvalue weighted by atomic mass is 10.1. The number of hydrogen-bond donors (Lipinski definition) is 1. The third-order valence-corrected chi connectivity index (χ3v) is 2.08. The molecule has 0 saturated heterocycles. The Bertz CT molecular complexity index is 288. The summed E-state index contributed by atoms with van der Waals surface area (Å²) in [4.78, 5) is 0. The van der Waals surface area contributed by atoms with E-state index in [0.29, 0.717) is 0 Å². The molecule has 0 fully saturated rings. The van der Waals surface area contributed by atoms with E-state index in [-0.39, 0.29) is 0 Å². The number of aliphatic hydroxyl groups excluding tert-OH is 1. The lowest BCUT2D eigenvalue weighted by Gasteiger charge is -2.04. The van der Waals surface area contributed by atoms with Crippen LogP contribution in [0.1, 0.15) is 11.7 Å². The topological polar surface area (TPSA) is 20.2 Å². The van der Waals surface area contributed by atoms with Crippen LogP contribution >= 0.6 is 15.9 Å². The molecule has 1 N–H and O–H groups in total. The van der Waals surface area contributed by atoms with Crippen molar-refractivity contribution < 1.29 is 5.11 Å². The average Bonchev–Trinajstić information content (AvgIpc) is 2.04. The van der Waals surface area contributed by atoms with E-state index in [1.165, 1.54) is 0 Å². The van der Waals surface area contributed by atoms with E-state index in [9.17, 15) is 5.11 Å². The van der Waals surface area contributed by atoms with Crippen LogP contribution in [0, 0.1) is 12.3 Å². The normalized spacial score (nSPS) is 12.1. The number of benzene rings is 1. The van der Waals surface area contributed by atoms with Crippen LogP contribution in [0.5, 0.6) is 0 Å². The summed E-state index contributed by atoms with van der Waals surface area (Å²) in [6, 6.07) is 7.34. The number of terminal acetylenes is 1. The van der Waals surface area contributed by atoms with Crippen molar-refractivity contribution in [2.45, 2.75) is 6.10 Å². The molecular weight excluding hydrogens is 204 g/mol. The highest BCUT2D eigenvalue weighted by Crippen LogP contribution is 2.21. The highest BCUT2D eigenvalue weighted by molar-refractivity contribution is 9.10. The van der Waals surface area contributed by atoms with Gasteiger partial charge in [-0.1, -0.05) is 40.0 Å². The predicted octanol–water partition coefficient (Wildman–Crippen LogP) is 2.12. The standard InChI is InChI=1S/C9H7BrO/c1-2-9(11)7-5-3-4-6-8(7)10/h1,3-6,9,11H/t9-/m1/s1. The van der Waals surface area contributed by atoms with E-state index in [0.717, 1.165) is 10.0 Å². The summed E-state index contributed by atoms with van der Waals surface area (Å²) in [6.45, 7) is 0. The average molecular weight is 211 g/mol. The number of rotatable bonds is 1. The maximum atomic E-state index is 9.24. The lowest BCUT2D eigenvalue weighted by molar-refractivity contribution is 0.238. The van der Waals surface area contributed by atoms with Crippen molar-refractivity contribution in [2.24, 2.45) is 0 Å². The monoisotopic (exact) mass is 210 g/mol. The minimum Gasteiger partial charge on any atom is -0.376 e. The molecule has 0 aromatic heterocycles. The molecule has 0 aliphatic heterocycles. The third-order valence-electron chi connectivity index (χ3n) is 1.36. The van der Waals surface area contributed by atoms with Gasteiger partial charge in [-0.05, 0) is 6.07 Å². The second kappa shape index (κ2) is 3.56. The zero-order valence-corrected chi connectivity index (χ0v) is 7.38. The van der Waals surface area contributed by atoms with Gasteiger partial charge in [-0.15, -0.1) is 6.42 Å². The Hall–Kier alpha value is -0.780. The molecular formula is C9H7BrO. The fourth-order valence-electron chi connectivity index (χ4n) is 0.787. The molecule has 1 aromatic carbocycles. The summed E-state index contributed by atoms with van der Waals surface area (Å²) in [5.41, 5.74) is 0.731. The first kappa shape index (κ1) is 8.32. The quantitative estimate of drug-likeness (QED) is 0.705. The van der Waals surface area contributed by atoms with Crippen LogP contribution in [-0.2, 0) is 0 Å². The fraction of sp³-hybridized carbons (Fsp3) is 0.111. The van der Waals surface area contributed by atoms with Gasteiger partial charge in [-0.3, -0.25) is 0 Å². The molecule has 56 valence electrons. The second-order valence-electron chi connectivity index (χ2n) is 2.09. The Kier molecular flexibility index (Phi) is 2.70. The van der Waals surface area contributed by atoms with Gasteiger partial charge in [-0.25, -0.2) is 0 Å². The van der Waals surface area contributed by atoms with Crippen LogP contribution in [0.4, 0.5) is 0 Å². The third kappa shape index (κ3) is 1.83.